The van der Waals surface area contributed by atoms with E-state index in [0.717, 1.165) is 0 Å². The zero-order valence-corrected chi connectivity index (χ0v) is 14.8. The van der Waals surface area contributed by atoms with Crippen molar-refractivity contribution in [2.24, 2.45) is 5.10 Å². The number of nitrogens with zero attached hydrogens (tertiary/aromatic N) is 1. The Balaban J connectivity index is 1.49. The number of phenolic OH excluding ortho intramolecular Hbond substituents is 1. The summed E-state index contributed by atoms with van der Waals surface area (Å²) in [6, 6.07) is 16.1. The van der Waals surface area contributed by atoms with Gasteiger partial charge in [0.15, 0.2) is 0 Å². The van der Waals surface area contributed by atoms with Crippen LogP contribution in [0.2, 0.25) is 0 Å². The van der Waals surface area contributed by atoms with Crippen LogP contribution < -0.4 is 16.1 Å². The van der Waals surface area contributed by atoms with Gasteiger partial charge in [-0.3, -0.25) is 4.79 Å². The Hall–Kier alpha value is -4.07. The van der Waals surface area contributed by atoms with Crippen LogP contribution in [0.25, 0.3) is 0 Å². The number of nitrogens with one attached hydrogen (secondary N) is 3. The number of anilines is 1. The molecule has 0 aliphatic heterocycles. The highest BCUT2D eigenvalue weighted by atomic mass is 16.3. The van der Waals surface area contributed by atoms with Crippen LogP contribution in [0.15, 0.2) is 76.4 Å². The van der Waals surface area contributed by atoms with Crippen molar-refractivity contribution < 1.29 is 19.1 Å². The lowest BCUT2D eigenvalue weighted by atomic mass is 10.2. The number of amides is 3. The zero-order valence-electron chi connectivity index (χ0n) is 14.8. The van der Waals surface area contributed by atoms with Crippen molar-refractivity contribution in [2.75, 3.05) is 5.32 Å². The maximum atomic E-state index is 12.1. The Bertz CT molecular complexity index is 966. The number of phenols is 1. The van der Waals surface area contributed by atoms with Gasteiger partial charge in [-0.15, -0.1) is 0 Å². The van der Waals surface area contributed by atoms with Gasteiger partial charge in [-0.05, 0) is 48.5 Å². The van der Waals surface area contributed by atoms with Crippen molar-refractivity contribution in [3.8, 4) is 5.75 Å². The summed E-state index contributed by atoms with van der Waals surface area (Å²) >= 11 is 0. The minimum atomic E-state index is -0.416. The molecule has 0 saturated heterocycles. The van der Waals surface area contributed by atoms with E-state index in [4.69, 9.17) is 4.42 Å². The predicted molar refractivity (Wildman–Crippen MR) is 104 cm³/mol. The maximum Gasteiger partial charge on any atom is 0.319 e. The standard InChI is InChI=1S/C20H18N4O4/c25-18-6-2-1-4-15(18)12-22-24-19(26)14-7-9-16(10-8-14)23-20(27)21-13-17-5-3-11-28-17/h1-12,25H,13H2,(H,24,26)(H2,21,23,27). The third kappa shape index (κ3) is 5.21. The first kappa shape index (κ1) is 18.7. The Morgan fingerprint density at radius 3 is 2.54 bits per heavy atom. The van der Waals surface area contributed by atoms with Gasteiger partial charge in [0.2, 0.25) is 0 Å². The largest absolute Gasteiger partial charge is 0.507 e. The van der Waals surface area contributed by atoms with Gasteiger partial charge in [0.1, 0.15) is 11.5 Å². The maximum absolute atomic E-state index is 12.1. The normalized spacial score (nSPS) is 10.6. The molecule has 0 aliphatic carbocycles. The molecule has 0 atom stereocenters. The van der Waals surface area contributed by atoms with E-state index in [1.807, 2.05) is 0 Å². The molecule has 0 radical (unpaired) electrons. The summed E-state index contributed by atoms with van der Waals surface area (Å²) in [5.74, 6) is 0.299. The monoisotopic (exact) mass is 378 g/mol. The smallest absolute Gasteiger partial charge is 0.319 e. The molecule has 1 heterocycles. The van der Waals surface area contributed by atoms with E-state index >= 15 is 0 Å². The number of hydrogen-bond acceptors (Lipinski definition) is 5. The highest BCUT2D eigenvalue weighted by Crippen LogP contribution is 2.13. The Kier molecular flexibility index (Phi) is 6.04. The minimum Gasteiger partial charge on any atom is -0.507 e. The summed E-state index contributed by atoms with van der Waals surface area (Å²) in [6.07, 6.45) is 2.89. The first-order valence-electron chi connectivity index (χ1n) is 8.40. The molecule has 3 aromatic rings. The number of para-hydroxylation sites is 1. The van der Waals surface area contributed by atoms with E-state index in [2.05, 4.69) is 21.2 Å². The quantitative estimate of drug-likeness (QED) is 0.390. The molecule has 0 spiro atoms. The van der Waals surface area contributed by atoms with Crippen molar-refractivity contribution in [1.29, 1.82) is 0 Å². The molecule has 8 nitrogen and oxygen atoms in total. The average Bonchev–Trinajstić information content (AvgIpc) is 3.22. The van der Waals surface area contributed by atoms with Gasteiger partial charge in [-0.1, -0.05) is 12.1 Å². The lowest BCUT2D eigenvalue weighted by Crippen LogP contribution is -2.28. The van der Waals surface area contributed by atoms with E-state index in [1.54, 1.807) is 54.6 Å². The SMILES string of the molecule is O=C(NCc1ccco1)Nc1ccc(C(=O)NN=Cc2ccccc2O)cc1. The highest BCUT2D eigenvalue weighted by molar-refractivity contribution is 5.96. The van der Waals surface area contributed by atoms with Gasteiger partial charge in [0.25, 0.3) is 5.91 Å². The van der Waals surface area contributed by atoms with Crippen molar-refractivity contribution >= 4 is 23.8 Å². The fourth-order valence-electron chi connectivity index (χ4n) is 2.28. The molecule has 3 rings (SSSR count). The molecule has 1 aromatic heterocycles. The molecule has 0 bridgehead atoms. The molecule has 4 N–H and O–H groups in total. The molecule has 2 aromatic carbocycles. The number of urea groups is 1. The van der Waals surface area contributed by atoms with Crippen LogP contribution in [-0.4, -0.2) is 23.3 Å². The van der Waals surface area contributed by atoms with Gasteiger partial charge in [0.05, 0.1) is 19.0 Å². The third-order valence-corrected chi connectivity index (χ3v) is 3.71. The summed E-state index contributed by atoms with van der Waals surface area (Å²) in [5, 5.41) is 18.8. The topological polar surface area (TPSA) is 116 Å². The van der Waals surface area contributed by atoms with Gasteiger partial charge in [0, 0.05) is 16.8 Å². The molecular formula is C20H18N4O4. The first-order valence-corrected chi connectivity index (χ1v) is 8.40. The fraction of sp³-hybridized carbons (Fsp3) is 0.0500. The van der Waals surface area contributed by atoms with Gasteiger partial charge in [-0.25, -0.2) is 10.2 Å². The Morgan fingerprint density at radius 2 is 1.82 bits per heavy atom. The van der Waals surface area contributed by atoms with Crippen LogP contribution >= 0.6 is 0 Å². The molecule has 142 valence electrons. The van der Waals surface area contributed by atoms with Crippen LogP contribution in [0, 0.1) is 0 Å². The second-order valence-corrected chi connectivity index (χ2v) is 5.72. The molecule has 0 aliphatic rings. The van der Waals surface area contributed by atoms with Crippen molar-refractivity contribution in [2.45, 2.75) is 6.54 Å². The molecule has 3 amide bonds. The number of carbonyl (C=O) groups excluding carboxylic acids is 2. The summed E-state index contributed by atoms with van der Waals surface area (Å²) in [7, 11) is 0. The third-order valence-electron chi connectivity index (χ3n) is 3.71. The average molecular weight is 378 g/mol. The Morgan fingerprint density at radius 1 is 1.04 bits per heavy atom. The lowest BCUT2D eigenvalue weighted by Gasteiger charge is -2.07. The van der Waals surface area contributed by atoms with Crippen molar-refractivity contribution in [1.82, 2.24) is 10.7 Å². The zero-order chi connectivity index (χ0) is 19.8. The van der Waals surface area contributed by atoms with Gasteiger partial charge in [-0.2, -0.15) is 5.10 Å². The molecule has 0 unspecified atom stereocenters. The minimum absolute atomic E-state index is 0.0706. The van der Waals surface area contributed by atoms with Gasteiger partial charge < -0.3 is 20.2 Å². The number of rotatable bonds is 6. The van der Waals surface area contributed by atoms with Gasteiger partial charge >= 0.3 is 6.03 Å². The van der Waals surface area contributed by atoms with E-state index in [9.17, 15) is 14.7 Å². The van der Waals surface area contributed by atoms with Crippen LogP contribution in [-0.2, 0) is 6.54 Å². The number of furan rings is 1. The van der Waals surface area contributed by atoms with Crippen molar-refractivity contribution in [3.63, 3.8) is 0 Å². The summed E-state index contributed by atoms with van der Waals surface area (Å²) in [6.45, 7) is 0.272. The highest BCUT2D eigenvalue weighted by Gasteiger charge is 2.06. The lowest BCUT2D eigenvalue weighted by molar-refractivity contribution is 0.0955. The number of carbonyl (C=O) groups is 2. The van der Waals surface area contributed by atoms with Crippen LogP contribution in [0.5, 0.6) is 5.75 Å². The summed E-state index contributed by atoms with van der Waals surface area (Å²) < 4.78 is 5.13. The fourth-order valence-corrected chi connectivity index (χ4v) is 2.28. The number of benzene rings is 2. The molecule has 0 fully saturated rings. The molecule has 0 saturated carbocycles. The van der Waals surface area contributed by atoms with Crippen molar-refractivity contribution in [3.05, 3.63) is 83.8 Å². The second kappa shape index (κ2) is 9.04. The molecular weight excluding hydrogens is 360 g/mol. The summed E-state index contributed by atoms with van der Waals surface area (Å²) in [4.78, 5) is 23.9. The van der Waals surface area contributed by atoms with Crippen LogP contribution in [0.1, 0.15) is 21.7 Å². The number of hydrogen-bond donors (Lipinski definition) is 4. The van der Waals surface area contributed by atoms with E-state index in [-0.39, 0.29) is 18.3 Å². The predicted octanol–water partition coefficient (Wildman–Crippen LogP) is 3.07. The second-order valence-electron chi connectivity index (χ2n) is 5.72. The first-order chi connectivity index (χ1) is 13.6. The number of aromatic hydroxyl groups is 1. The molecule has 28 heavy (non-hydrogen) atoms. The molecule has 8 heteroatoms. The Labute approximate surface area is 160 Å². The van der Waals surface area contributed by atoms with E-state index in [1.165, 1.54) is 18.5 Å². The summed E-state index contributed by atoms with van der Waals surface area (Å²) in [5.41, 5.74) is 3.77. The van der Waals surface area contributed by atoms with Crippen LogP contribution in [0.4, 0.5) is 10.5 Å². The number of hydrazone groups is 1. The van der Waals surface area contributed by atoms with E-state index < -0.39 is 5.91 Å². The van der Waals surface area contributed by atoms with Crippen LogP contribution in [0.3, 0.4) is 0 Å². The van der Waals surface area contributed by atoms with E-state index in [0.29, 0.717) is 22.6 Å².